The highest BCUT2D eigenvalue weighted by atomic mass is 32.1. The standard InChI is InChI=1S/C12H18N4OS2/c1-4-7(5-2)11-13-8(6-17-3)9(19-11)10-14-12(18)16-15-10/h7H,4-6H2,1-3H3,(H2,14,15,16,18). The van der Waals surface area contributed by atoms with Crippen molar-refractivity contribution in [2.24, 2.45) is 0 Å². The molecular formula is C12H18N4OS2. The summed E-state index contributed by atoms with van der Waals surface area (Å²) in [6, 6.07) is 0. The SMILES string of the molecule is CCC(CC)c1nc(COC)c(-c2nc(=S)[nH][nH]2)s1. The van der Waals surface area contributed by atoms with E-state index in [0.717, 1.165) is 34.2 Å². The van der Waals surface area contributed by atoms with Crippen molar-refractivity contribution in [3.63, 3.8) is 0 Å². The predicted octanol–water partition coefficient (Wildman–Crippen LogP) is 3.64. The maximum absolute atomic E-state index is 5.22. The number of H-pyrrole nitrogens is 2. The highest BCUT2D eigenvalue weighted by Gasteiger charge is 2.19. The van der Waals surface area contributed by atoms with E-state index in [2.05, 4.69) is 29.0 Å². The minimum absolute atomic E-state index is 0.454. The molecule has 0 bridgehead atoms. The van der Waals surface area contributed by atoms with Gasteiger partial charge in [0.05, 0.1) is 22.2 Å². The quantitative estimate of drug-likeness (QED) is 0.799. The molecule has 5 nitrogen and oxygen atoms in total. The molecule has 0 aromatic carbocycles. The van der Waals surface area contributed by atoms with Crippen molar-refractivity contribution in [3.05, 3.63) is 15.5 Å². The van der Waals surface area contributed by atoms with Crippen LogP contribution in [-0.4, -0.2) is 27.3 Å². The Kier molecular flexibility index (Phi) is 4.84. The number of ether oxygens (including phenoxy) is 1. The highest BCUT2D eigenvalue weighted by Crippen LogP contribution is 2.34. The summed E-state index contributed by atoms with van der Waals surface area (Å²) in [7, 11) is 1.67. The van der Waals surface area contributed by atoms with Crippen LogP contribution in [0.2, 0.25) is 0 Å². The van der Waals surface area contributed by atoms with E-state index in [1.54, 1.807) is 18.4 Å². The van der Waals surface area contributed by atoms with Gasteiger partial charge >= 0.3 is 0 Å². The van der Waals surface area contributed by atoms with Crippen molar-refractivity contribution in [2.45, 2.75) is 39.2 Å². The zero-order chi connectivity index (χ0) is 13.8. The Morgan fingerprint density at radius 3 is 2.53 bits per heavy atom. The molecule has 0 atom stereocenters. The van der Waals surface area contributed by atoms with Crippen molar-refractivity contribution in [1.82, 2.24) is 20.2 Å². The van der Waals surface area contributed by atoms with Gasteiger partial charge in [-0.3, -0.25) is 10.2 Å². The molecule has 0 radical (unpaired) electrons. The van der Waals surface area contributed by atoms with Crippen molar-refractivity contribution in [2.75, 3.05) is 7.11 Å². The average molecular weight is 298 g/mol. The number of rotatable bonds is 6. The van der Waals surface area contributed by atoms with Crippen LogP contribution in [0.25, 0.3) is 10.7 Å². The fraction of sp³-hybridized carbons (Fsp3) is 0.583. The fourth-order valence-corrected chi connectivity index (χ4v) is 3.40. The minimum atomic E-state index is 0.454. The van der Waals surface area contributed by atoms with Crippen LogP contribution < -0.4 is 0 Å². The first-order chi connectivity index (χ1) is 9.19. The molecule has 19 heavy (non-hydrogen) atoms. The van der Waals surface area contributed by atoms with E-state index >= 15 is 0 Å². The Hall–Kier alpha value is -1.05. The normalized spacial score (nSPS) is 11.4. The third-order valence-electron chi connectivity index (χ3n) is 3.05. The monoisotopic (exact) mass is 298 g/mol. The molecule has 2 N–H and O–H groups in total. The van der Waals surface area contributed by atoms with Crippen LogP contribution in [0.4, 0.5) is 0 Å². The Morgan fingerprint density at radius 1 is 1.26 bits per heavy atom. The molecule has 0 saturated heterocycles. The van der Waals surface area contributed by atoms with E-state index in [1.165, 1.54) is 0 Å². The van der Waals surface area contributed by atoms with Gasteiger partial charge in [0.1, 0.15) is 0 Å². The minimum Gasteiger partial charge on any atom is -0.378 e. The molecule has 0 spiro atoms. The summed E-state index contributed by atoms with van der Waals surface area (Å²) in [5.41, 5.74) is 0.923. The van der Waals surface area contributed by atoms with Gasteiger partial charge in [-0.25, -0.2) is 4.98 Å². The van der Waals surface area contributed by atoms with Gasteiger partial charge < -0.3 is 4.74 Å². The van der Waals surface area contributed by atoms with Gasteiger partial charge in [0.25, 0.3) is 0 Å². The van der Waals surface area contributed by atoms with Crippen molar-refractivity contribution >= 4 is 23.6 Å². The number of methoxy groups -OCH3 is 1. The van der Waals surface area contributed by atoms with Crippen LogP contribution in [0.15, 0.2) is 0 Å². The summed E-state index contributed by atoms with van der Waals surface area (Å²) < 4.78 is 5.68. The Bertz CT molecular complexity index is 583. The summed E-state index contributed by atoms with van der Waals surface area (Å²) in [6.07, 6.45) is 2.18. The second kappa shape index (κ2) is 6.40. The van der Waals surface area contributed by atoms with Gasteiger partial charge in [-0.1, -0.05) is 13.8 Å². The summed E-state index contributed by atoms with van der Waals surface area (Å²) in [6.45, 7) is 4.86. The number of nitrogens with zero attached hydrogens (tertiary/aromatic N) is 2. The summed E-state index contributed by atoms with van der Waals surface area (Å²) >= 11 is 6.67. The van der Waals surface area contributed by atoms with Crippen LogP contribution in [0.3, 0.4) is 0 Å². The zero-order valence-corrected chi connectivity index (χ0v) is 13.0. The number of hydrogen-bond acceptors (Lipinski definition) is 5. The van der Waals surface area contributed by atoms with E-state index in [4.69, 9.17) is 21.9 Å². The largest absolute Gasteiger partial charge is 0.378 e. The molecule has 2 aromatic rings. The maximum Gasteiger partial charge on any atom is 0.213 e. The van der Waals surface area contributed by atoms with E-state index in [9.17, 15) is 0 Å². The van der Waals surface area contributed by atoms with Gasteiger partial charge in [-0.15, -0.1) is 11.3 Å². The summed E-state index contributed by atoms with van der Waals surface area (Å²) in [5.74, 6) is 1.24. The number of thiazole rings is 1. The smallest absolute Gasteiger partial charge is 0.213 e. The highest BCUT2D eigenvalue weighted by molar-refractivity contribution is 7.71. The lowest BCUT2D eigenvalue weighted by Crippen LogP contribution is -1.96. The zero-order valence-electron chi connectivity index (χ0n) is 11.3. The van der Waals surface area contributed by atoms with Crippen molar-refractivity contribution < 1.29 is 4.74 Å². The van der Waals surface area contributed by atoms with E-state index in [0.29, 0.717) is 17.3 Å². The molecule has 0 fully saturated rings. The molecule has 104 valence electrons. The number of nitrogens with one attached hydrogen (secondary N) is 2. The van der Waals surface area contributed by atoms with Crippen LogP contribution in [-0.2, 0) is 11.3 Å². The Balaban J connectivity index is 2.43. The van der Waals surface area contributed by atoms with Crippen LogP contribution in [0, 0.1) is 4.77 Å². The Morgan fingerprint density at radius 2 is 2.00 bits per heavy atom. The van der Waals surface area contributed by atoms with Crippen LogP contribution >= 0.6 is 23.6 Å². The number of hydrogen-bond donors (Lipinski definition) is 2. The predicted molar refractivity (Wildman–Crippen MR) is 78.9 cm³/mol. The molecule has 0 unspecified atom stereocenters. The van der Waals surface area contributed by atoms with Crippen molar-refractivity contribution in [3.8, 4) is 10.7 Å². The molecule has 0 saturated carbocycles. The lowest BCUT2D eigenvalue weighted by molar-refractivity contribution is 0.182. The van der Waals surface area contributed by atoms with Gasteiger partial charge in [0, 0.05) is 13.0 Å². The molecule has 0 amide bonds. The second-order valence-electron chi connectivity index (χ2n) is 4.29. The first-order valence-electron chi connectivity index (χ1n) is 6.33. The maximum atomic E-state index is 5.22. The average Bonchev–Trinajstić information content (AvgIpc) is 2.98. The van der Waals surface area contributed by atoms with Gasteiger partial charge in [-0.05, 0) is 25.1 Å². The first-order valence-corrected chi connectivity index (χ1v) is 7.55. The number of aromatic nitrogens is 4. The van der Waals surface area contributed by atoms with Crippen molar-refractivity contribution in [1.29, 1.82) is 0 Å². The topological polar surface area (TPSA) is 66.6 Å². The van der Waals surface area contributed by atoms with Gasteiger partial charge in [-0.2, -0.15) is 4.98 Å². The molecule has 0 aliphatic heterocycles. The lowest BCUT2D eigenvalue weighted by atomic mass is 10.1. The summed E-state index contributed by atoms with van der Waals surface area (Å²) in [5, 5.41) is 6.95. The molecule has 2 aromatic heterocycles. The third kappa shape index (κ3) is 3.10. The summed E-state index contributed by atoms with van der Waals surface area (Å²) in [4.78, 5) is 9.99. The van der Waals surface area contributed by atoms with Crippen LogP contribution in [0.5, 0.6) is 0 Å². The fourth-order valence-electron chi connectivity index (χ4n) is 1.98. The lowest BCUT2D eigenvalue weighted by Gasteiger charge is -2.06. The molecular weight excluding hydrogens is 280 g/mol. The van der Waals surface area contributed by atoms with Gasteiger partial charge in [0.15, 0.2) is 5.82 Å². The second-order valence-corrected chi connectivity index (χ2v) is 5.71. The molecule has 2 heterocycles. The molecule has 0 aliphatic rings. The Labute approximate surface area is 121 Å². The first kappa shape index (κ1) is 14.4. The molecule has 0 aliphatic carbocycles. The molecule has 2 rings (SSSR count). The van der Waals surface area contributed by atoms with E-state index in [-0.39, 0.29) is 0 Å². The van der Waals surface area contributed by atoms with E-state index in [1.807, 2.05) is 0 Å². The van der Waals surface area contributed by atoms with E-state index < -0.39 is 0 Å². The third-order valence-corrected chi connectivity index (χ3v) is 4.51. The van der Waals surface area contributed by atoms with Crippen LogP contribution in [0.1, 0.15) is 43.3 Å². The van der Waals surface area contributed by atoms with Gasteiger partial charge in [0.2, 0.25) is 4.77 Å². The number of aromatic amines is 2. The molecule has 7 heteroatoms.